The van der Waals surface area contributed by atoms with Gasteiger partial charge < -0.3 is 15.0 Å². The van der Waals surface area contributed by atoms with Crippen LogP contribution in [0.2, 0.25) is 0 Å². The number of fused-ring (bicyclic) bond motifs is 1. The minimum Gasteiger partial charge on any atom is -0.444 e. The molecule has 4 heterocycles. The van der Waals surface area contributed by atoms with E-state index in [9.17, 15) is 26.4 Å². The normalized spacial score (nSPS) is 22.1. The highest BCUT2D eigenvalue weighted by molar-refractivity contribution is 7.91. The number of hydrogen-bond donors (Lipinski definition) is 1. The van der Waals surface area contributed by atoms with Crippen molar-refractivity contribution in [1.29, 1.82) is 0 Å². The molecule has 1 fully saturated rings. The van der Waals surface area contributed by atoms with Gasteiger partial charge in [0.25, 0.3) is 5.92 Å². The lowest BCUT2D eigenvalue weighted by Crippen LogP contribution is -2.53. The smallest absolute Gasteiger partial charge is 0.410 e. The summed E-state index contributed by atoms with van der Waals surface area (Å²) in [6.07, 6.45) is 6.68. The van der Waals surface area contributed by atoms with Gasteiger partial charge >= 0.3 is 6.09 Å². The predicted molar refractivity (Wildman–Crippen MR) is 161 cm³/mol. The maximum absolute atomic E-state index is 14.9. The summed E-state index contributed by atoms with van der Waals surface area (Å²) in [4.78, 5) is 26.6. The summed E-state index contributed by atoms with van der Waals surface area (Å²) in [6, 6.07) is 2.23. The number of rotatable bonds is 6. The molecule has 0 bridgehead atoms. The van der Waals surface area contributed by atoms with Crippen molar-refractivity contribution >= 4 is 44.6 Å². The number of carbonyl (C=O) groups excluding carboxylic acids is 1. The standard InChI is InChI=1S/C29H32ClF3N6O4S/c1-27(2,3)43-26(40)38-12-10-29(32,33)14-19(38)15-35-24-22(31)16-36-23(37-24)21-17-39(25-20(21)8-6-11-34-25)44(41,42)28(4)9-5-7-18(30)13-28/h5-8,11,13,16-17,19H,9-10,12,14-15H2,1-4H3,(H,35,36,37). The van der Waals surface area contributed by atoms with E-state index in [1.807, 2.05) is 0 Å². The minimum absolute atomic E-state index is 0.0268. The number of likely N-dealkylation sites (tertiary alicyclic amines) is 1. The third kappa shape index (κ3) is 6.27. The number of nitrogens with one attached hydrogen (secondary N) is 1. The number of amides is 1. The van der Waals surface area contributed by atoms with Gasteiger partial charge in [-0.25, -0.2) is 45.3 Å². The molecule has 15 heteroatoms. The van der Waals surface area contributed by atoms with E-state index in [2.05, 4.69) is 20.3 Å². The van der Waals surface area contributed by atoms with E-state index in [0.717, 1.165) is 10.2 Å². The Bertz CT molecular complexity index is 1770. The number of allylic oxidation sites excluding steroid dienone is 3. The van der Waals surface area contributed by atoms with Crippen molar-refractivity contribution in [2.24, 2.45) is 0 Å². The summed E-state index contributed by atoms with van der Waals surface area (Å²) in [6.45, 7) is 6.08. The molecule has 10 nitrogen and oxygen atoms in total. The number of anilines is 1. The van der Waals surface area contributed by atoms with Gasteiger partial charge in [-0.2, -0.15) is 0 Å². The van der Waals surface area contributed by atoms with Gasteiger partial charge in [0.15, 0.2) is 23.1 Å². The van der Waals surface area contributed by atoms with E-state index in [1.165, 1.54) is 23.4 Å². The Morgan fingerprint density at radius 3 is 2.73 bits per heavy atom. The molecule has 0 aromatic carbocycles. The van der Waals surface area contributed by atoms with Gasteiger partial charge in [-0.15, -0.1) is 0 Å². The van der Waals surface area contributed by atoms with Crippen molar-refractivity contribution in [1.82, 2.24) is 23.8 Å². The zero-order chi connectivity index (χ0) is 32.1. The molecular weight excluding hydrogens is 621 g/mol. The van der Waals surface area contributed by atoms with Crippen molar-refractivity contribution in [3.05, 3.63) is 59.8 Å². The Balaban J connectivity index is 1.47. The van der Waals surface area contributed by atoms with E-state index >= 15 is 0 Å². The molecule has 3 aromatic heterocycles. The second kappa shape index (κ2) is 11.4. The number of nitrogens with zero attached hydrogens (tertiary/aromatic N) is 5. The van der Waals surface area contributed by atoms with Crippen LogP contribution in [0, 0.1) is 5.82 Å². The Labute approximate surface area is 258 Å². The van der Waals surface area contributed by atoms with Crippen LogP contribution in [-0.2, 0) is 14.8 Å². The Morgan fingerprint density at radius 1 is 1.27 bits per heavy atom. The lowest BCUT2D eigenvalue weighted by molar-refractivity contribution is -0.0774. The van der Waals surface area contributed by atoms with Crippen LogP contribution in [0.1, 0.15) is 47.0 Å². The SMILES string of the molecule is CC(C)(C)OC(=O)N1CCC(F)(F)CC1CNc1nc(-c2cn(S(=O)(=O)C3(C)C=C(Cl)C=CC3)c3ncccc23)ncc1F. The number of piperidine rings is 1. The Hall–Kier alpha value is -3.65. The van der Waals surface area contributed by atoms with E-state index in [1.54, 1.807) is 52.0 Å². The maximum atomic E-state index is 14.9. The van der Waals surface area contributed by atoms with Gasteiger partial charge in [0.05, 0.1) is 12.2 Å². The van der Waals surface area contributed by atoms with Gasteiger partial charge in [0.2, 0.25) is 10.0 Å². The highest BCUT2D eigenvalue weighted by atomic mass is 35.5. The second-order valence-corrected chi connectivity index (χ2v) is 14.8. The monoisotopic (exact) mass is 652 g/mol. The third-order valence-electron chi connectivity index (χ3n) is 7.44. The third-order valence-corrected chi connectivity index (χ3v) is 9.93. The van der Waals surface area contributed by atoms with E-state index < -0.39 is 57.1 Å². The average Bonchev–Trinajstić information content (AvgIpc) is 3.31. The zero-order valence-electron chi connectivity index (χ0n) is 24.5. The molecular formula is C29H32ClF3N6O4S. The number of carbonyl (C=O) groups is 1. The molecule has 0 spiro atoms. The number of pyridine rings is 1. The molecule has 2 aliphatic rings. The summed E-state index contributed by atoms with van der Waals surface area (Å²) in [5, 5.41) is 3.42. The second-order valence-electron chi connectivity index (χ2n) is 12.1. The topological polar surface area (TPSA) is 119 Å². The zero-order valence-corrected chi connectivity index (χ0v) is 26.1. The lowest BCUT2D eigenvalue weighted by Gasteiger charge is -2.39. The van der Waals surface area contributed by atoms with E-state index in [-0.39, 0.29) is 47.4 Å². The minimum atomic E-state index is -4.11. The first-order valence-corrected chi connectivity index (χ1v) is 15.7. The predicted octanol–water partition coefficient (Wildman–Crippen LogP) is 6.10. The highest BCUT2D eigenvalue weighted by Crippen LogP contribution is 2.37. The summed E-state index contributed by atoms with van der Waals surface area (Å²) in [5.41, 5.74) is -0.468. The van der Waals surface area contributed by atoms with Crippen molar-refractivity contribution in [3.8, 4) is 11.4 Å². The molecule has 1 N–H and O–H groups in total. The molecule has 1 saturated heterocycles. The molecule has 1 aliphatic carbocycles. The lowest BCUT2D eigenvalue weighted by atomic mass is 9.98. The van der Waals surface area contributed by atoms with Gasteiger partial charge in [-0.3, -0.25) is 0 Å². The molecule has 1 aliphatic heterocycles. The van der Waals surface area contributed by atoms with Crippen LogP contribution in [0.25, 0.3) is 22.4 Å². The van der Waals surface area contributed by atoms with Crippen LogP contribution in [-0.4, -0.2) is 73.7 Å². The van der Waals surface area contributed by atoms with Crippen molar-refractivity contribution in [2.75, 3.05) is 18.4 Å². The first-order chi connectivity index (χ1) is 20.5. The fraction of sp³-hybridized carbons (Fsp3) is 0.448. The molecule has 2 unspecified atom stereocenters. The van der Waals surface area contributed by atoms with Crippen LogP contribution >= 0.6 is 11.6 Å². The highest BCUT2D eigenvalue weighted by Gasteiger charge is 2.43. The van der Waals surface area contributed by atoms with Gasteiger partial charge in [-0.05, 0) is 58.4 Å². The maximum Gasteiger partial charge on any atom is 0.410 e. The number of alkyl halides is 2. The summed E-state index contributed by atoms with van der Waals surface area (Å²) in [5.74, 6) is -4.22. The summed E-state index contributed by atoms with van der Waals surface area (Å²) in [7, 11) is -4.11. The quantitative estimate of drug-likeness (QED) is 0.339. The van der Waals surface area contributed by atoms with Crippen LogP contribution in [0.4, 0.5) is 23.8 Å². The Morgan fingerprint density at radius 2 is 2.02 bits per heavy atom. The van der Waals surface area contributed by atoms with E-state index in [4.69, 9.17) is 16.3 Å². The van der Waals surface area contributed by atoms with E-state index in [0.29, 0.717) is 5.39 Å². The van der Waals surface area contributed by atoms with Crippen LogP contribution in [0.3, 0.4) is 0 Å². The fourth-order valence-corrected chi connectivity index (χ4v) is 7.25. The van der Waals surface area contributed by atoms with Crippen LogP contribution in [0.5, 0.6) is 0 Å². The number of aromatic nitrogens is 4. The number of halogens is 4. The van der Waals surface area contributed by atoms with Crippen molar-refractivity contribution < 1.29 is 31.1 Å². The molecule has 0 radical (unpaired) electrons. The van der Waals surface area contributed by atoms with Crippen LogP contribution < -0.4 is 5.32 Å². The molecule has 1 amide bonds. The molecule has 3 aromatic rings. The van der Waals surface area contributed by atoms with Crippen LogP contribution in [0.15, 0.2) is 54.0 Å². The van der Waals surface area contributed by atoms with Gasteiger partial charge in [0, 0.05) is 54.3 Å². The summed E-state index contributed by atoms with van der Waals surface area (Å²) >= 11 is 6.15. The molecule has 44 heavy (non-hydrogen) atoms. The molecule has 0 saturated carbocycles. The van der Waals surface area contributed by atoms with Gasteiger partial charge in [-0.1, -0.05) is 17.7 Å². The largest absolute Gasteiger partial charge is 0.444 e. The average molecular weight is 653 g/mol. The fourth-order valence-electron chi connectivity index (χ4n) is 5.20. The number of hydrogen-bond acceptors (Lipinski definition) is 8. The number of ether oxygens (including phenoxy) is 1. The Kier molecular flexibility index (Phi) is 8.21. The molecule has 2 atom stereocenters. The molecule has 236 valence electrons. The molecule has 5 rings (SSSR count). The summed E-state index contributed by atoms with van der Waals surface area (Å²) < 4.78 is 76.5. The van der Waals surface area contributed by atoms with Crippen molar-refractivity contribution in [2.45, 2.75) is 69.3 Å². The van der Waals surface area contributed by atoms with Gasteiger partial charge in [0.1, 0.15) is 10.3 Å². The van der Waals surface area contributed by atoms with Crippen molar-refractivity contribution in [3.63, 3.8) is 0 Å². The first kappa shape index (κ1) is 31.8. The first-order valence-electron chi connectivity index (χ1n) is 13.9.